The van der Waals surface area contributed by atoms with Gasteiger partial charge in [-0.1, -0.05) is 38.5 Å². The fraction of sp³-hybridized carbons (Fsp3) is 0.538. The Labute approximate surface area is 94.1 Å². The Morgan fingerprint density at radius 1 is 1.33 bits per heavy atom. The van der Waals surface area contributed by atoms with E-state index in [9.17, 15) is 0 Å². The van der Waals surface area contributed by atoms with Crippen molar-refractivity contribution in [1.29, 1.82) is 0 Å². The first-order valence-electron chi connectivity index (χ1n) is 5.69. The molecular weight excluding hydrogens is 184 g/mol. The summed E-state index contributed by atoms with van der Waals surface area (Å²) in [4.78, 5) is 0. The van der Waals surface area contributed by atoms with Crippen LogP contribution in [0.5, 0.6) is 0 Å². The molecule has 2 heteroatoms. The van der Waals surface area contributed by atoms with Crippen molar-refractivity contribution in [2.45, 2.75) is 33.1 Å². The van der Waals surface area contributed by atoms with Gasteiger partial charge in [0.2, 0.25) is 0 Å². The van der Waals surface area contributed by atoms with Gasteiger partial charge in [0.1, 0.15) is 0 Å². The van der Waals surface area contributed by atoms with Crippen LogP contribution in [0, 0.1) is 0 Å². The average Bonchev–Trinajstić information content (AvgIpc) is 2.24. The Balaban J connectivity index is 3.99. The summed E-state index contributed by atoms with van der Waals surface area (Å²) >= 11 is 0. The molecule has 0 heterocycles. The number of allylic oxidation sites excluding steroid dienone is 2. The van der Waals surface area contributed by atoms with Crippen molar-refractivity contribution in [3.63, 3.8) is 0 Å². The third kappa shape index (κ3) is 6.83. The lowest BCUT2D eigenvalue weighted by molar-refractivity contribution is 0.671. The number of hydrogen-bond acceptors (Lipinski definition) is 2. The van der Waals surface area contributed by atoms with E-state index in [1.165, 1.54) is 19.3 Å². The van der Waals surface area contributed by atoms with Crippen LogP contribution in [-0.4, -0.2) is 13.6 Å². The first-order chi connectivity index (χ1) is 7.26. The molecule has 2 N–H and O–H groups in total. The molecule has 0 rings (SSSR count). The molecule has 0 aliphatic heterocycles. The fourth-order valence-corrected chi connectivity index (χ4v) is 1.29. The Hall–Kier alpha value is -1.18. The Bertz CT molecular complexity index is 227. The molecule has 0 aromatic rings. The number of hydrogen-bond donors (Lipinski definition) is 2. The van der Waals surface area contributed by atoms with Gasteiger partial charge in [0, 0.05) is 31.1 Å². The molecule has 0 fully saturated rings. The second-order valence-electron chi connectivity index (χ2n) is 3.50. The highest BCUT2D eigenvalue weighted by Gasteiger charge is 1.97. The van der Waals surface area contributed by atoms with Gasteiger partial charge in [-0.2, -0.15) is 0 Å². The van der Waals surface area contributed by atoms with Crippen molar-refractivity contribution in [3.8, 4) is 0 Å². The summed E-state index contributed by atoms with van der Waals surface area (Å²) in [7, 11) is 1.90. The first-order valence-corrected chi connectivity index (χ1v) is 5.69. The molecule has 0 amide bonds. The molecule has 0 aliphatic carbocycles. The third-order valence-electron chi connectivity index (χ3n) is 2.11. The van der Waals surface area contributed by atoms with Crippen molar-refractivity contribution in [1.82, 2.24) is 10.6 Å². The number of unbranched alkanes of at least 4 members (excludes halogenated alkanes) is 2. The van der Waals surface area contributed by atoms with Gasteiger partial charge in [-0.05, 0) is 13.3 Å². The summed E-state index contributed by atoms with van der Waals surface area (Å²) in [6, 6.07) is 0. The van der Waals surface area contributed by atoms with E-state index in [1.54, 1.807) is 0 Å². The maximum atomic E-state index is 4.02. The predicted octanol–water partition coefficient (Wildman–Crippen LogP) is 2.96. The lowest BCUT2D eigenvalue weighted by atomic mass is 10.2. The van der Waals surface area contributed by atoms with Crippen LogP contribution in [0.25, 0.3) is 0 Å². The van der Waals surface area contributed by atoms with Gasteiger partial charge in [0.25, 0.3) is 0 Å². The standard InChI is InChI=1S/C13H24N2/c1-5-7-8-10-15-12(3)13(9-6-2)11-14-4/h6,9,11,14-15H,3,5,7-8,10H2,1-2,4H3/b9-6-,13-11+. The largest absolute Gasteiger partial charge is 0.393 e. The minimum Gasteiger partial charge on any atom is -0.393 e. The van der Waals surface area contributed by atoms with E-state index in [1.807, 2.05) is 32.3 Å². The molecule has 0 bridgehead atoms. The van der Waals surface area contributed by atoms with Gasteiger partial charge in [-0.15, -0.1) is 0 Å². The molecule has 0 radical (unpaired) electrons. The molecule has 86 valence electrons. The molecular formula is C13H24N2. The monoisotopic (exact) mass is 208 g/mol. The van der Waals surface area contributed by atoms with Crippen molar-refractivity contribution < 1.29 is 0 Å². The smallest absolute Gasteiger partial charge is 0.0355 e. The van der Waals surface area contributed by atoms with Crippen LogP contribution < -0.4 is 10.6 Å². The van der Waals surface area contributed by atoms with Crippen molar-refractivity contribution in [2.75, 3.05) is 13.6 Å². The summed E-state index contributed by atoms with van der Waals surface area (Å²) in [6.07, 6.45) is 9.75. The van der Waals surface area contributed by atoms with E-state index < -0.39 is 0 Å². The van der Waals surface area contributed by atoms with E-state index in [-0.39, 0.29) is 0 Å². The van der Waals surface area contributed by atoms with Crippen molar-refractivity contribution >= 4 is 0 Å². The zero-order chi connectivity index (χ0) is 11.5. The molecule has 0 aromatic carbocycles. The van der Waals surface area contributed by atoms with Crippen molar-refractivity contribution in [3.05, 3.63) is 36.2 Å². The lowest BCUT2D eigenvalue weighted by Gasteiger charge is -2.10. The van der Waals surface area contributed by atoms with Crippen LogP contribution in [0.1, 0.15) is 33.1 Å². The molecule has 0 unspecified atom stereocenters. The highest BCUT2D eigenvalue weighted by atomic mass is 14.9. The Kier molecular flexibility index (Phi) is 8.64. The lowest BCUT2D eigenvalue weighted by Crippen LogP contribution is -2.16. The first kappa shape index (κ1) is 13.8. The van der Waals surface area contributed by atoms with Gasteiger partial charge in [0.15, 0.2) is 0 Å². The zero-order valence-corrected chi connectivity index (χ0v) is 10.3. The van der Waals surface area contributed by atoms with Crippen LogP contribution in [-0.2, 0) is 0 Å². The minimum absolute atomic E-state index is 0.985. The normalized spacial score (nSPS) is 11.8. The van der Waals surface area contributed by atoms with E-state index in [0.717, 1.165) is 17.8 Å². The SMILES string of the molecule is C=C(NCCCCC)C(/C=C\C)=C/NC. The zero-order valence-electron chi connectivity index (χ0n) is 10.3. The summed E-state index contributed by atoms with van der Waals surface area (Å²) in [5.41, 5.74) is 2.09. The summed E-state index contributed by atoms with van der Waals surface area (Å²) in [5, 5.41) is 6.35. The topological polar surface area (TPSA) is 24.1 Å². The summed E-state index contributed by atoms with van der Waals surface area (Å²) in [5.74, 6) is 0. The Morgan fingerprint density at radius 2 is 2.07 bits per heavy atom. The van der Waals surface area contributed by atoms with Gasteiger partial charge in [-0.25, -0.2) is 0 Å². The highest BCUT2D eigenvalue weighted by molar-refractivity contribution is 5.36. The summed E-state index contributed by atoms with van der Waals surface area (Å²) in [6.45, 7) is 9.24. The van der Waals surface area contributed by atoms with Crippen LogP contribution in [0.2, 0.25) is 0 Å². The predicted molar refractivity (Wildman–Crippen MR) is 68.6 cm³/mol. The van der Waals surface area contributed by atoms with Crippen LogP contribution >= 0.6 is 0 Å². The quantitative estimate of drug-likeness (QED) is 0.473. The van der Waals surface area contributed by atoms with E-state index in [2.05, 4.69) is 24.1 Å². The molecule has 15 heavy (non-hydrogen) atoms. The number of rotatable bonds is 8. The maximum absolute atomic E-state index is 4.02. The summed E-state index contributed by atoms with van der Waals surface area (Å²) < 4.78 is 0. The minimum atomic E-state index is 0.985. The van der Waals surface area contributed by atoms with Gasteiger partial charge >= 0.3 is 0 Å². The van der Waals surface area contributed by atoms with E-state index in [0.29, 0.717) is 0 Å². The second-order valence-corrected chi connectivity index (χ2v) is 3.50. The highest BCUT2D eigenvalue weighted by Crippen LogP contribution is 2.05. The average molecular weight is 208 g/mol. The third-order valence-corrected chi connectivity index (χ3v) is 2.11. The molecule has 0 aliphatic rings. The van der Waals surface area contributed by atoms with Gasteiger partial charge < -0.3 is 10.6 Å². The van der Waals surface area contributed by atoms with Gasteiger partial charge in [0.05, 0.1) is 0 Å². The maximum Gasteiger partial charge on any atom is 0.0355 e. The molecule has 0 atom stereocenters. The van der Waals surface area contributed by atoms with E-state index in [4.69, 9.17) is 0 Å². The molecule has 0 spiro atoms. The Morgan fingerprint density at radius 3 is 2.60 bits per heavy atom. The fourth-order valence-electron chi connectivity index (χ4n) is 1.29. The molecule has 2 nitrogen and oxygen atoms in total. The number of nitrogens with one attached hydrogen (secondary N) is 2. The van der Waals surface area contributed by atoms with Crippen LogP contribution in [0.3, 0.4) is 0 Å². The molecule has 0 saturated heterocycles. The van der Waals surface area contributed by atoms with Gasteiger partial charge in [-0.3, -0.25) is 0 Å². The molecule has 0 aromatic heterocycles. The van der Waals surface area contributed by atoms with Crippen molar-refractivity contribution in [2.24, 2.45) is 0 Å². The van der Waals surface area contributed by atoms with Crippen LogP contribution in [0.15, 0.2) is 36.2 Å². The van der Waals surface area contributed by atoms with E-state index >= 15 is 0 Å². The second kappa shape index (κ2) is 9.38. The van der Waals surface area contributed by atoms with Crippen LogP contribution in [0.4, 0.5) is 0 Å². The molecule has 0 saturated carbocycles.